The van der Waals surface area contributed by atoms with Crippen molar-refractivity contribution in [3.8, 4) is 11.5 Å². The smallest absolute Gasteiger partial charge is 0.259 e. The van der Waals surface area contributed by atoms with Crippen LogP contribution in [0.1, 0.15) is 28.8 Å². The number of nitrogens with zero attached hydrogens (tertiary/aromatic N) is 1. The van der Waals surface area contributed by atoms with Crippen LogP contribution in [0.3, 0.4) is 0 Å². The number of rotatable bonds is 9. The normalized spacial score (nSPS) is 16.7. The van der Waals surface area contributed by atoms with Crippen molar-refractivity contribution in [2.24, 2.45) is 0 Å². The molecule has 0 radical (unpaired) electrons. The lowest BCUT2D eigenvalue weighted by Crippen LogP contribution is -2.61. The van der Waals surface area contributed by atoms with Gasteiger partial charge in [0, 0.05) is 19.0 Å². The van der Waals surface area contributed by atoms with Crippen LogP contribution in [-0.4, -0.2) is 74.6 Å². The lowest BCUT2D eigenvalue weighted by atomic mass is 9.72. The third-order valence-electron chi connectivity index (χ3n) is 6.26. The Hall–Kier alpha value is -2.73. The largest absolute Gasteiger partial charge is 0.507 e. The average molecular weight is 496 g/mol. The van der Waals surface area contributed by atoms with E-state index < -0.39 is 39.1 Å². The quantitative estimate of drug-likeness (QED) is 0.411. The number of aliphatic hydroxyl groups is 1. The van der Waals surface area contributed by atoms with Gasteiger partial charge in [-0.05, 0) is 55.8 Å². The predicted molar refractivity (Wildman–Crippen MR) is 125 cm³/mol. The molecule has 1 aliphatic rings. The highest BCUT2D eigenvalue weighted by Gasteiger charge is 2.50. The van der Waals surface area contributed by atoms with Crippen molar-refractivity contribution in [1.82, 2.24) is 14.9 Å². The molecule has 4 N–H and O–H groups in total. The van der Waals surface area contributed by atoms with Gasteiger partial charge in [-0.2, -0.15) is 0 Å². The maximum absolute atomic E-state index is 14.3. The van der Waals surface area contributed by atoms with Gasteiger partial charge in [0.1, 0.15) is 22.9 Å². The first-order valence-corrected chi connectivity index (χ1v) is 12.4. The van der Waals surface area contributed by atoms with E-state index in [0.29, 0.717) is 31.5 Å². The first kappa shape index (κ1) is 25.9. The van der Waals surface area contributed by atoms with E-state index in [1.165, 1.54) is 50.6 Å². The van der Waals surface area contributed by atoms with Crippen LogP contribution >= 0.6 is 0 Å². The van der Waals surface area contributed by atoms with Gasteiger partial charge < -0.3 is 25.6 Å². The van der Waals surface area contributed by atoms with Gasteiger partial charge in [0.25, 0.3) is 5.91 Å². The molecular formula is C23H30FN3O6S. The van der Waals surface area contributed by atoms with Crippen molar-refractivity contribution in [2.75, 3.05) is 40.4 Å². The second kappa shape index (κ2) is 10.7. The number of benzene rings is 2. The minimum absolute atomic E-state index is 0.0717. The van der Waals surface area contributed by atoms with E-state index in [9.17, 15) is 27.8 Å². The highest BCUT2D eigenvalue weighted by molar-refractivity contribution is 7.89. The highest BCUT2D eigenvalue weighted by atomic mass is 32.2. The summed E-state index contributed by atoms with van der Waals surface area (Å²) in [6.07, 6.45) is 0.594. The number of likely N-dealkylation sites (N-methyl/N-ethyl adjacent to an activating group) is 1. The summed E-state index contributed by atoms with van der Waals surface area (Å²) in [5.41, 5.74) is -0.953. The van der Waals surface area contributed by atoms with Crippen molar-refractivity contribution in [2.45, 2.75) is 23.6 Å². The molecule has 1 amide bonds. The summed E-state index contributed by atoms with van der Waals surface area (Å²) < 4.78 is 48.0. The number of hydrogen-bond acceptors (Lipinski definition) is 7. The minimum atomic E-state index is -4.25. The lowest BCUT2D eigenvalue weighted by Gasteiger charge is -2.45. The summed E-state index contributed by atoms with van der Waals surface area (Å²) in [5.74, 6) is -1.68. The number of ether oxygens (including phenoxy) is 1. The van der Waals surface area contributed by atoms with Gasteiger partial charge in [-0.3, -0.25) is 4.79 Å². The van der Waals surface area contributed by atoms with E-state index in [0.717, 1.165) is 4.31 Å². The number of carbonyl (C=O) groups is 1. The molecule has 11 heteroatoms. The number of piperidine rings is 1. The molecule has 0 aromatic heterocycles. The Bertz CT molecular complexity index is 1120. The standard InChI is InChI=1S/C23H30FN3O6S/c1-27(13-14-28)34(31,32)22(26-21(30)20-18(29)7-4-8-19(20)33-2)23(9-11-25-12-10-23)16-5-3-6-17(24)15-16/h3-8,15,22,25,28-29H,9-14H2,1-2H3,(H,26,30). The molecule has 9 nitrogen and oxygen atoms in total. The van der Waals surface area contributed by atoms with E-state index in [1.807, 2.05) is 0 Å². The molecule has 1 saturated heterocycles. The number of aromatic hydroxyl groups is 1. The zero-order chi connectivity index (χ0) is 24.9. The SMILES string of the molecule is COc1cccc(O)c1C(=O)NC(C1(c2cccc(F)c2)CCNCC1)S(=O)(=O)N(C)CCO. The number of phenols is 1. The molecule has 1 atom stereocenters. The summed E-state index contributed by atoms with van der Waals surface area (Å²) in [6, 6.07) is 9.97. The molecule has 1 heterocycles. The number of aliphatic hydroxyl groups excluding tert-OH is 1. The summed E-state index contributed by atoms with van der Waals surface area (Å²) >= 11 is 0. The topological polar surface area (TPSA) is 128 Å². The van der Waals surface area contributed by atoms with Crippen LogP contribution in [0.15, 0.2) is 42.5 Å². The Morgan fingerprint density at radius 1 is 1.26 bits per heavy atom. The molecule has 2 aromatic rings. The van der Waals surface area contributed by atoms with E-state index in [4.69, 9.17) is 4.74 Å². The Kier molecular flexibility index (Phi) is 8.13. The van der Waals surface area contributed by atoms with Gasteiger partial charge in [0.2, 0.25) is 10.0 Å². The number of amides is 1. The van der Waals surface area contributed by atoms with Crippen LogP contribution in [0.2, 0.25) is 0 Å². The van der Waals surface area contributed by atoms with Crippen LogP contribution in [-0.2, 0) is 15.4 Å². The highest BCUT2D eigenvalue weighted by Crippen LogP contribution is 2.40. The average Bonchev–Trinajstić information content (AvgIpc) is 2.82. The minimum Gasteiger partial charge on any atom is -0.507 e. The third-order valence-corrected chi connectivity index (χ3v) is 8.47. The Morgan fingerprint density at radius 2 is 1.94 bits per heavy atom. The molecule has 34 heavy (non-hydrogen) atoms. The first-order valence-electron chi connectivity index (χ1n) is 10.9. The monoisotopic (exact) mass is 495 g/mol. The number of halogens is 1. The van der Waals surface area contributed by atoms with Crippen LogP contribution in [0.4, 0.5) is 4.39 Å². The molecule has 186 valence electrons. The van der Waals surface area contributed by atoms with Crippen LogP contribution < -0.4 is 15.4 Å². The Labute approximate surface area is 198 Å². The molecule has 0 bridgehead atoms. The predicted octanol–water partition coefficient (Wildman–Crippen LogP) is 1.17. The molecule has 0 aliphatic carbocycles. The fourth-order valence-electron chi connectivity index (χ4n) is 4.43. The van der Waals surface area contributed by atoms with Gasteiger partial charge in [0.05, 0.1) is 13.7 Å². The molecule has 3 rings (SSSR count). The Balaban J connectivity index is 2.18. The summed E-state index contributed by atoms with van der Waals surface area (Å²) in [4.78, 5) is 13.4. The van der Waals surface area contributed by atoms with Gasteiger partial charge in [-0.25, -0.2) is 17.1 Å². The maximum atomic E-state index is 14.3. The van der Waals surface area contributed by atoms with Crippen molar-refractivity contribution in [3.63, 3.8) is 0 Å². The van der Waals surface area contributed by atoms with Crippen molar-refractivity contribution < 1.29 is 32.6 Å². The molecule has 1 fully saturated rings. The fraction of sp³-hybridized carbons (Fsp3) is 0.435. The zero-order valence-electron chi connectivity index (χ0n) is 19.1. The van der Waals surface area contributed by atoms with Gasteiger partial charge >= 0.3 is 0 Å². The maximum Gasteiger partial charge on any atom is 0.259 e. The number of methoxy groups -OCH3 is 1. The molecule has 2 aromatic carbocycles. The van der Waals surface area contributed by atoms with E-state index in [1.54, 1.807) is 6.07 Å². The molecule has 0 saturated carbocycles. The molecular weight excluding hydrogens is 465 g/mol. The van der Waals surface area contributed by atoms with Crippen molar-refractivity contribution >= 4 is 15.9 Å². The fourth-order valence-corrected chi connectivity index (χ4v) is 6.32. The van der Waals surface area contributed by atoms with Crippen molar-refractivity contribution in [1.29, 1.82) is 0 Å². The summed E-state index contributed by atoms with van der Waals surface area (Å²) in [7, 11) is -1.61. The van der Waals surface area contributed by atoms with Gasteiger partial charge in [-0.15, -0.1) is 0 Å². The first-order chi connectivity index (χ1) is 16.2. The van der Waals surface area contributed by atoms with Gasteiger partial charge in [0.15, 0.2) is 5.37 Å². The number of carbonyl (C=O) groups excluding carboxylic acids is 1. The van der Waals surface area contributed by atoms with Gasteiger partial charge in [-0.1, -0.05) is 18.2 Å². The van der Waals surface area contributed by atoms with E-state index in [2.05, 4.69) is 10.6 Å². The third kappa shape index (κ3) is 5.02. The molecule has 1 aliphatic heterocycles. The second-order valence-electron chi connectivity index (χ2n) is 8.21. The van der Waals surface area contributed by atoms with Crippen LogP contribution in [0, 0.1) is 5.82 Å². The molecule has 1 unspecified atom stereocenters. The summed E-state index contributed by atoms with van der Waals surface area (Å²) in [6.45, 7) is 0.286. The van der Waals surface area contributed by atoms with E-state index >= 15 is 0 Å². The Morgan fingerprint density at radius 3 is 2.56 bits per heavy atom. The van der Waals surface area contributed by atoms with E-state index in [-0.39, 0.29) is 23.6 Å². The number of sulfonamides is 1. The lowest BCUT2D eigenvalue weighted by molar-refractivity contribution is 0.0917. The summed E-state index contributed by atoms with van der Waals surface area (Å²) in [5, 5.41) is 24.0. The number of phenolic OH excluding ortho intramolecular Hbond substituents is 1. The van der Waals surface area contributed by atoms with Crippen LogP contribution in [0.5, 0.6) is 11.5 Å². The van der Waals surface area contributed by atoms with Crippen molar-refractivity contribution in [3.05, 3.63) is 59.4 Å². The number of nitrogens with one attached hydrogen (secondary N) is 2. The second-order valence-corrected chi connectivity index (χ2v) is 10.3. The van der Waals surface area contributed by atoms with Crippen LogP contribution in [0.25, 0.3) is 0 Å². The zero-order valence-corrected chi connectivity index (χ0v) is 19.9. The number of hydrogen-bond donors (Lipinski definition) is 4. The molecule has 0 spiro atoms.